The maximum atomic E-state index is 13.8. The molecule has 1 aromatic carbocycles. The topological polar surface area (TPSA) is 144 Å². The second kappa shape index (κ2) is 14.1. The molecule has 2 fully saturated rings. The highest BCUT2D eigenvalue weighted by Crippen LogP contribution is 2.35. The second-order valence-electron chi connectivity index (χ2n) is 12.4. The summed E-state index contributed by atoms with van der Waals surface area (Å²) in [6, 6.07) is 6.83. The number of β-amino-alcohol motifs (C(OH)–C–C–N with tert-alkyl or cyclic N) is 1. The molecule has 45 heavy (non-hydrogen) atoms. The molecule has 0 radical (unpaired) electrons. The molecule has 1 saturated heterocycles. The molecule has 2 N–H and O–H groups in total. The highest BCUT2D eigenvalue weighted by Gasteiger charge is 2.43. The number of hydrogen-bond acceptors (Lipinski definition) is 10. The Morgan fingerprint density at radius 3 is 2.53 bits per heavy atom. The van der Waals surface area contributed by atoms with Crippen molar-refractivity contribution in [2.75, 3.05) is 13.7 Å². The zero-order valence-corrected chi connectivity index (χ0v) is 27.3. The van der Waals surface area contributed by atoms with Crippen molar-refractivity contribution >= 4 is 29.1 Å². The molecule has 1 unspecified atom stereocenters. The predicted molar refractivity (Wildman–Crippen MR) is 167 cm³/mol. The van der Waals surface area contributed by atoms with Gasteiger partial charge in [0.1, 0.15) is 23.5 Å². The van der Waals surface area contributed by atoms with Crippen LogP contribution in [0.3, 0.4) is 0 Å². The molecule has 1 aliphatic heterocycles. The van der Waals surface area contributed by atoms with Gasteiger partial charge in [0.05, 0.1) is 47.0 Å². The van der Waals surface area contributed by atoms with Gasteiger partial charge in [-0.05, 0) is 57.1 Å². The molecule has 3 aromatic rings. The van der Waals surface area contributed by atoms with Crippen molar-refractivity contribution in [1.82, 2.24) is 20.4 Å². The Balaban J connectivity index is 1.32. The molecule has 0 spiro atoms. The van der Waals surface area contributed by atoms with Crippen LogP contribution < -0.4 is 10.1 Å². The SMILES string of the molecule is COC(=O)C1CCC(Oc2cc(-c3scnc3C)ccc2CNC(=O)[C@@H]2C[C@@H](O)CN2C(=O)C(c2cc(C)no2)C(C)C)CC1. The summed E-state index contributed by atoms with van der Waals surface area (Å²) >= 11 is 1.55. The van der Waals surface area contributed by atoms with Crippen molar-refractivity contribution in [1.29, 1.82) is 0 Å². The quantitative estimate of drug-likeness (QED) is 0.306. The number of aromatic nitrogens is 2. The number of carbonyl (C=O) groups is 3. The number of esters is 1. The van der Waals surface area contributed by atoms with Gasteiger partial charge in [-0.1, -0.05) is 31.1 Å². The second-order valence-corrected chi connectivity index (χ2v) is 13.3. The first-order valence-corrected chi connectivity index (χ1v) is 16.4. The smallest absolute Gasteiger partial charge is 0.308 e. The maximum absolute atomic E-state index is 13.8. The summed E-state index contributed by atoms with van der Waals surface area (Å²) in [7, 11) is 1.42. The Kier molecular flexibility index (Phi) is 10.2. The number of aliphatic hydroxyl groups excluding tert-OH is 1. The third-order valence-corrected chi connectivity index (χ3v) is 9.76. The number of methoxy groups -OCH3 is 1. The van der Waals surface area contributed by atoms with E-state index in [-0.39, 0.29) is 55.2 Å². The Morgan fingerprint density at radius 2 is 1.91 bits per heavy atom. The lowest BCUT2D eigenvalue weighted by Crippen LogP contribution is -2.48. The lowest BCUT2D eigenvalue weighted by Gasteiger charge is -2.29. The van der Waals surface area contributed by atoms with E-state index in [2.05, 4.69) is 15.5 Å². The monoisotopic (exact) mass is 638 g/mol. The van der Waals surface area contributed by atoms with Crippen LogP contribution in [0.2, 0.25) is 0 Å². The van der Waals surface area contributed by atoms with E-state index in [4.69, 9.17) is 14.0 Å². The first-order chi connectivity index (χ1) is 21.5. The number of amides is 2. The summed E-state index contributed by atoms with van der Waals surface area (Å²) in [5.41, 5.74) is 5.17. The van der Waals surface area contributed by atoms with Gasteiger partial charge < -0.3 is 29.3 Å². The van der Waals surface area contributed by atoms with Gasteiger partial charge in [0.2, 0.25) is 11.8 Å². The maximum Gasteiger partial charge on any atom is 0.308 e. The lowest BCUT2D eigenvalue weighted by molar-refractivity contribution is -0.147. The Bertz CT molecular complexity index is 1510. The predicted octanol–water partition coefficient (Wildman–Crippen LogP) is 4.54. The lowest BCUT2D eigenvalue weighted by atomic mass is 9.87. The Hall–Kier alpha value is -3.77. The van der Waals surface area contributed by atoms with Gasteiger partial charge in [0, 0.05) is 31.1 Å². The molecule has 3 atom stereocenters. The molecule has 3 heterocycles. The summed E-state index contributed by atoms with van der Waals surface area (Å²) < 4.78 is 16.9. The first kappa shape index (κ1) is 32.6. The number of hydrogen-bond donors (Lipinski definition) is 2. The highest BCUT2D eigenvalue weighted by atomic mass is 32.1. The van der Waals surface area contributed by atoms with Crippen LogP contribution in [-0.4, -0.2) is 69.8 Å². The van der Waals surface area contributed by atoms with E-state index in [0.29, 0.717) is 42.9 Å². The van der Waals surface area contributed by atoms with Gasteiger partial charge >= 0.3 is 5.97 Å². The number of aryl methyl sites for hydroxylation is 2. The molecule has 1 aliphatic carbocycles. The normalized spacial score (nSPS) is 22.3. The van der Waals surface area contributed by atoms with Gasteiger partial charge in [-0.2, -0.15) is 0 Å². The number of nitrogens with one attached hydrogen (secondary N) is 1. The van der Waals surface area contributed by atoms with E-state index >= 15 is 0 Å². The van der Waals surface area contributed by atoms with Crippen molar-refractivity contribution < 1.29 is 33.5 Å². The van der Waals surface area contributed by atoms with Crippen molar-refractivity contribution in [3.63, 3.8) is 0 Å². The third-order valence-electron chi connectivity index (χ3n) is 8.78. The van der Waals surface area contributed by atoms with Gasteiger partial charge in [0.15, 0.2) is 0 Å². The molecule has 0 bridgehead atoms. The van der Waals surface area contributed by atoms with E-state index in [9.17, 15) is 19.5 Å². The fourth-order valence-electron chi connectivity index (χ4n) is 6.34. The van der Waals surface area contributed by atoms with Crippen LogP contribution in [0, 0.1) is 25.7 Å². The van der Waals surface area contributed by atoms with Gasteiger partial charge in [-0.25, -0.2) is 4.98 Å². The third kappa shape index (κ3) is 7.38. The molecule has 242 valence electrons. The van der Waals surface area contributed by atoms with Gasteiger partial charge in [-0.3, -0.25) is 14.4 Å². The van der Waals surface area contributed by atoms with Crippen LogP contribution in [0.15, 0.2) is 34.3 Å². The zero-order valence-electron chi connectivity index (χ0n) is 26.4. The van der Waals surface area contributed by atoms with Crippen LogP contribution in [-0.2, 0) is 25.7 Å². The van der Waals surface area contributed by atoms with E-state index < -0.39 is 18.1 Å². The van der Waals surface area contributed by atoms with E-state index in [1.807, 2.05) is 44.5 Å². The minimum atomic E-state index is -0.824. The number of carbonyl (C=O) groups excluding carboxylic acids is 3. The summed E-state index contributed by atoms with van der Waals surface area (Å²) in [6.07, 6.45) is 2.07. The molecule has 2 aliphatic rings. The van der Waals surface area contributed by atoms with Crippen molar-refractivity contribution in [3.8, 4) is 16.2 Å². The fourth-order valence-corrected chi connectivity index (χ4v) is 7.15. The largest absolute Gasteiger partial charge is 0.490 e. The molecular formula is C33H42N4O7S. The summed E-state index contributed by atoms with van der Waals surface area (Å²) in [6.45, 7) is 7.84. The number of rotatable bonds is 10. The number of likely N-dealkylation sites (tertiary alicyclic amines) is 1. The van der Waals surface area contributed by atoms with Crippen LogP contribution >= 0.6 is 11.3 Å². The number of thiazole rings is 1. The zero-order chi connectivity index (χ0) is 32.2. The summed E-state index contributed by atoms with van der Waals surface area (Å²) in [5.74, 6) is -0.529. The minimum Gasteiger partial charge on any atom is -0.490 e. The van der Waals surface area contributed by atoms with Crippen molar-refractivity contribution in [3.05, 3.63) is 52.5 Å². The minimum absolute atomic E-state index is 0.0682. The fraction of sp³-hybridized carbons (Fsp3) is 0.545. The first-order valence-electron chi connectivity index (χ1n) is 15.5. The number of nitrogens with zero attached hydrogens (tertiary/aromatic N) is 3. The van der Waals surface area contributed by atoms with Crippen LogP contribution in [0.4, 0.5) is 0 Å². The average Bonchev–Trinajstić information content (AvgIpc) is 3.75. The summed E-state index contributed by atoms with van der Waals surface area (Å²) in [4.78, 5) is 46.3. The van der Waals surface area contributed by atoms with Crippen LogP contribution in [0.1, 0.15) is 74.6 Å². The van der Waals surface area contributed by atoms with E-state index in [1.54, 1.807) is 24.3 Å². The molecular weight excluding hydrogens is 596 g/mol. The molecule has 2 aromatic heterocycles. The van der Waals surface area contributed by atoms with Crippen molar-refractivity contribution in [2.45, 2.75) is 90.5 Å². The number of benzene rings is 1. The average molecular weight is 639 g/mol. The van der Waals surface area contributed by atoms with E-state index in [0.717, 1.165) is 21.7 Å². The Morgan fingerprint density at radius 1 is 1.16 bits per heavy atom. The van der Waals surface area contributed by atoms with Crippen molar-refractivity contribution in [2.24, 2.45) is 11.8 Å². The molecule has 5 rings (SSSR count). The van der Waals surface area contributed by atoms with E-state index in [1.165, 1.54) is 12.0 Å². The van der Waals surface area contributed by atoms with Gasteiger partial charge in [-0.15, -0.1) is 11.3 Å². The number of ether oxygens (including phenoxy) is 2. The molecule has 12 heteroatoms. The highest BCUT2D eigenvalue weighted by molar-refractivity contribution is 7.13. The standard InChI is InChI=1S/C33H42N4O7S/c1-18(2)29(28-12-19(3)36-44-28)32(40)37-16-24(38)14-26(37)31(39)34-15-23-7-6-22(30-20(4)35-17-45-30)13-27(23)43-25-10-8-21(9-11-25)33(41)42-5/h6-7,12-13,17-18,21,24-26,29,38H,8-11,14-16H2,1-5H3,(H,34,39)/t21?,24-,25?,26+,29?/m1/s1. The molecule has 1 saturated carbocycles. The molecule has 2 amide bonds. The Labute approximate surface area is 267 Å². The molecule has 11 nitrogen and oxygen atoms in total. The van der Waals surface area contributed by atoms with Crippen LogP contribution in [0.5, 0.6) is 5.75 Å². The summed E-state index contributed by atoms with van der Waals surface area (Å²) in [5, 5.41) is 17.5. The van der Waals surface area contributed by atoms with Crippen LogP contribution in [0.25, 0.3) is 10.4 Å². The number of aliphatic hydroxyl groups is 1. The van der Waals surface area contributed by atoms with Gasteiger partial charge in [0.25, 0.3) is 0 Å².